The molecule has 0 saturated heterocycles. The zero-order valence-electron chi connectivity index (χ0n) is 12.8. The van der Waals surface area contributed by atoms with E-state index in [9.17, 15) is 9.59 Å². The zero-order chi connectivity index (χ0) is 15.9. The molecule has 2 rings (SSSR count). The second kappa shape index (κ2) is 7.94. The van der Waals surface area contributed by atoms with Gasteiger partial charge < -0.3 is 9.47 Å². The lowest BCUT2D eigenvalue weighted by Crippen LogP contribution is -2.16. The monoisotopic (exact) mass is 320 g/mol. The predicted molar refractivity (Wildman–Crippen MR) is 86.8 cm³/mol. The van der Waals surface area contributed by atoms with Crippen LogP contribution in [-0.4, -0.2) is 18.5 Å². The number of thiophene rings is 1. The summed E-state index contributed by atoms with van der Waals surface area (Å²) in [6.07, 6.45) is 0.523. The minimum absolute atomic E-state index is 0.0457. The van der Waals surface area contributed by atoms with Gasteiger partial charge in [-0.1, -0.05) is 25.1 Å². The third-order valence-electron chi connectivity index (χ3n) is 3.24. The molecule has 0 unspecified atom stereocenters. The van der Waals surface area contributed by atoms with Crippen LogP contribution in [0, 0.1) is 0 Å². The Hall–Kier alpha value is -1.88. The van der Waals surface area contributed by atoms with E-state index in [-0.39, 0.29) is 18.4 Å². The number of esters is 2. The molecule has 5 heteroatoms. The van der Waals surface area contributed by atoms with Crippen molar-refractivity contribution in [3.63, 3.8) is 0 Å². The first kappa shape index (κ1) is 16.5. The molecule has 0 amide bonds. The molecule has 1 heterocycles. The summed E-state index contributed by atoms with van der Waals surface area (Å²) in [6, 6.07) is 7.89. The van der Waals surface area contributed by atoms with Gasteiger partial charge in [-0.25, -0.2) is 0 Å². The molecule has 1 atom stereocenters. The van der Waals surface area contributed by atoms with Crippen molar-refractivity contribution in [3.8, 4) is 0 Å². The zero-order valence-corrected chi connectivity index (χ0v) is 13.7. The molecule has 4 nitrogen and oxygen atoms in total. The van der Waals surface area contributed by atoms with Crippen molar-refractivity contribution < 1.29 is 19.1 Å². The van der Waals surface area contributed by atoms with E-state index in [1.807, 2.05) is 36.6 Å². The molecule has 0 radical (unpaired) electrons. The molecular formula is C17H20O4S. The highest BCUT2D eigenvalue weighted by Crippen LogP contribution is 2.34. The Morgan fingerprint density at radius 3 is 2.68 bits per heavy atom. The van der Waals surface area contributed by atoms with Gasteiger partial charge in [0.2, 0.25) is 0 Å². The topological polar surface area (TPSA) is 52.6 Å². The average Bonchev–Trinajstić information content (AvgIpc) is 2.91. The third-order valence-corrected chi connectivity index (χ3v) is 4.22. The molecule has 1 aromatic heterocycles. The van der Waals surface area contributed by atoms with E-state index in [0.717, 1.165) is 22.1 Å². The minimum Gasteiger partial charge on any atom is -0.466 e. The molecule has 118 valence electrons. The molecule has 1 aromatic carbocycles. The van der Waals surface area contributed by atoms with Crippen LogP contribution in [0.25, 0.3) is 10.1 Å². The smallest absolute Gasteiger partial charge is 0.309 e. The van der Waals surface area contributed by atoms with Crippen LogP contribution in [0.4, 0.5) is 0 Å². The maximum Gasteiger partial charge on any atom is 0.309 e. The number of hydrogen-bond donors (Lipinski definition) is 0. The Morgan fingerprint density at radius 1 is 1.18 bits per heavy atom. The van der Waals surface area contributed by atoms with E-state index in [1.54, 1.807) is 18.3 Å². The molecule has 22 heavy (non-hydrogen) atoms. The fourth-order valence-electron chi connectivity index (χ4n) is 2.26. The highest BCUT2D eigenvalue weighted by Gasteiger charge is 2.23. The standard InChI is InChI=1S/C17H20O4S/c1-3-7-16(18)21-14(10-17(19)20-4-2)13-11-22-15-9-6-5-8-12(13)15/h5-6,8-9,11,14H,3-4,7,10H2,1-2H3/t14-/m1/s1. The number of fused-ring (bicyclic) bond motifs is 1. The number of carbonyl (C=O) groups is 2. The van der Waals surface area contributed by atoms with E-state index >= 15 is 0 Å². The largest absolute Gasteiger partial charge is 0.466 e. The van der Waals surface area contributed by atoms with Crippen molar-refractivity contribution in [3.05, 3.63) is 35.2 Å². The summed E-state index contributed by atoms with van der Waals surface area (Å²) in [5, 5.41) is 2.97. The first-order valence-corrected chi connectivity index (χ1v) is 8.34. The lowest BCUT2D eigenvalue weighted by Gasteiger charge is -2.17. The summed E-state index contributed by atoms with van der Waals surface area (Å²) in [7, 11) is 0. The van der Waals surface area contributed by atoms with Gasteiger partial charge in [0.15, 0.2) is 0 Å². The Morgan fingerprint density at radius 2 is 1.95 bits per heavy atom. The van der Waals surface area contributed by atoms with Gasteiger partial charge >= 0.3 is 11.9 Å². The van der Waals surface area contributed by atoms with Crippen LogP contribution in [0.1, 0.15) is 44.8 Å². The van der Waals surface area contributed by atoms with Crippen molar-refractivity contribution in [2.24, 2.45) is 0 Å². The highest BCUT2D eigenvalue weighted by atomic mass is 32.1. The van der Waals surface area contributed by atoms with E-state index in [2.05, 4.69) is 0 Å². The number of rotatable bonds is 7. The van der Waals surface area contributed by atoms with Gasteiger partial charge in [0, 0.05) is 16.7 Å². The molecule has 0 N–H and O–H groups in total. The molecule has 0 aliphatic rings. The van der Waals surface area contributed by atoms with Crippen LogP contribution in [0.2, 0.25) is 0 Å². The molecule has 0 spiro atoms. The van der Waals surface area contributed by atoms with E-state index in [4.69, 9.17) is 9.47 Å². The normalized spacial score (nSPS) is 12.1. The number of hydrogen-bond acceptors (Lipinski definition) is 5. The molecular weight excluding hydrogens is 300 g/mol. The van der Waals surface area contributed by atoms with Crippen LogP contribution < -0.4 is 0 Å². The highest BCUT2D eigenvalue weighted by molar-refractivity contribution is 7.17. The first-order valence-electron chi connectivity index (χ1n) is 7.46. The fraction of sp³-hybridized carbons (Fsp3) is 0.412. The Kier molecular flexibility index (Phi) is 5.95. The number of carbonyl (C=O) groups excluding carboxylic acids is 2. The van der Waals surface area contributed by atoms with Crippen molar-refractivity contribution in [2.75, 3.05) is 6.61 Å². The summed E-state index contributed by atoms with van der Waals surface area (Å²) in [5.74, 6) is -0.640. The maximum atomic E-state index is 11.9. The second-order valence-corrected chi connectivity index (χ2v) is 5.84. The molecule has 0 saturated carbocycles. The summed E-state index contributed by atoms with van der Waals surface area (Å²) in [4.78, 5) is 23.7. The lowest BCUT2D eigenvalue weighted by molar-refractivity contribution is -0.155. The number of ether oxygens (including phenoxy) is 2. The van der Waals surface area contributed by atoms with Gasteiger partial charge in [0.1, 0.15) is 6.10 Å². The van der Waals surface area contributed by atoms with E-state index in [0.29, 0.717) is 13.0 Å². The third kappa shape index (κ3) is 4.07. The second-order valence-electron chi connectivity index (χ2n) is 4.92. The van der Waals surface area contributed by atoms with E-state index < -0.39 is 6.10 Å². The van der Waals surface area contributed by atoms with Gasteiger partial charge in [0.25, 0.3) is 0 Å². The SMILES string of the molecule is CCCC(=O)O[C@H](CC(=O)OCC)c1csc2ccccc12. The molecule has 0 aliphatic carbocycles. The van der Waals surface area contributed by atoms with Crippen LogP contribution in [0.3, 0.4) is 0 Å². The van der Waals surface area contributed by atoms with Crippen LogP contribution in [-0.2, 0) is 19.1 Å². The Bertz CT molecular complexity index is 627. The van der Waals surface area contributed by atoms with E-state index in [1.165, 1.54) is 0 Å². The molecule has 0 aliphatic heterocycles. The minimum atomic E-state index is -0.589. The van der Waals surface area contributed by atoms with Crippen LogP contribution in [0.5, 0.6) is 0 Å². The van der Waals surface area contributed by atoms with Crippen molar-refractivity contribution in [2.45, 2.75) is 39.2 Å². The quantitative estimate of drug-likeness (QED) is 0.716. The van der Waals surface area contributed by atoms with Gasteiger partial charge in [0.05, 0.1) is 13.0 Å². The number of benzene rings is 1. The van der Waals surface area contributed by atoms with Gasteiger partial charge in [-0.2, -0.15) is 0 Å². The van der Waals surface area contributed by atoms with Gasteiger partial charge in [-0.3, -0.25) is 9.59 Å². The molecule has 0 fully saturated rings. The predicted octanol–water partition coefficient (Wildman–Crippen LogP) is 4.24. The summed E-state index contributed by atoms with van der Waals surface area (Å²) >= 11 is 1.58. The van der Waals surface area contributed by atoms with Crippen molar-refractivity contribution >= 4 is 33.4 Å². The van der Waals surface area contributed by atoms with Crippen molar-refractivity contribution in [1.82, 2.24) is 0 Å². The first-order chi connectivity index (χ1) is 10.7. The van der Waals surface area contributed by atoms with Crippen LogP contribution in [0.15, 0.2) is 29.6 Å². The Balaban J connectivity index is 2.26. The molecule has 2 aromatic rings. The summed E-state index contributed by atoms with van der Waals surface area (Å²) in [6.45, 7) is 4.00. The van der Waals surface area contributed by atoms with Gasteiger partial charge in [-0.15, -0.1) is 11.3 Å². The maximum absolute atomic E-state index is 11.9. The average molecular weight is 320 g/mol. The lowest BCUT2D eigenvalue weighted by atomic mass is 10.1. The Labute approximate surface area is 134 Å². The summed E-state index contributed by atoms with van der Waals surface area (Å²) in [5.41, 5.74) is 0.873. The van der Waals surface area contributed by atoms with Crippen molar-refractivity contribution in [1.29, 1.82) is 0 Å². The fourth-order valence-corrected chi connectivity index (χ4v) is 3.26. The van der Waals surface area contributed by atoms with Crippen LogP contribution >= 0.6 is 11.3 Å². The summed E-state index contributed by atoms with van der Waals surface area (Å²) < 4.78 is 11.6. The molecule has 0 bridgehead atoms. The van der Waals surface area contributed by atoms with Gasteiger partial charge in [-0.05, 0) is 30.2 Å².